The third-order valence-corrected chi connectivity index (χ3v) is 16.6. The molecule has 6 fully saturated rings. The number of allylic oxidation sites excluding steroid dienone is 2. The Bertz CT molecular complexity index is 1400. The molecule has 0 aromatic heterocycles. The maximum absolute atomic E-state index is 12.6. The normalized spacial score (nSPS) is 52.6. The first kappa shape index (κ1) is 44.7. The molecule has 56 heavy (non-hydrogen) atoms. The first-order valence-electron chi connectivity index (χ1n) is 21.0. The van der Waals surface area contributed by atoms with Crippen LogP contribution < -0.4 is 0 Å². The van der Waals surface area contributed by atoms with E-state index in [-0.39, 0.29) is 23.7 Å². The highest BCUT2D eigenvalue weighted by Gasteiger charge is 2.74. The maximum Gasteiger partial charge on any atom is 0.187 e. The number of rotatable bonds is 10. The van der Waals surface area contributed by atoms with Crippen LogP contribution in [0.15, 0.2) is 11.6 Å². The number of hydrogen-bond donors (Lipinski definition) is 10. The summed E-state index contributed by atoms with van der Waals surface area (Å²) in [5.41, 5.74) is -1.92. The third kappa shape index (κ3) is 7.06. The molecule has 2 saturated heterocycles. The Kier molecular flexibility index (Phi) is 12.7. The lowest BCUT2D eigenvalue weighted by atomic mass is 9.34. The molecule has 0 bridgehead atoms. The SMILES string of the molecule is CC(C)=CCC[C@](C)(O[C@@H]1O[C@H](CO)[C@@H](O)[C@H](O)[C@H]1O)[C@H]1CC[C@]2(C)[C@H]1[C@H](O)C[C@@H]1[C@@]3(C)CC[C@H](O)C(C)(C)[C@H]3[C@@H](O[C@@H]3O[C@H](CO)[C@@H](O)[C@H](O)[C@H]3O)C[C@]12C. The fourth-order valence-electron chi connectivity index (χ4n) is 13.5. The minimum absolute atomic E-state index is 0.000258. The van der Waals surface area contributed by atoms with E-state index in [2.05, 4.69) is 26.8 Å². The van der Waals surface area contributed by atoms with E-state index < -0.39 is 120 Å². The highest BCUT2D eigenvalue weighted by atomic mass is 16.7. The molecule has 14 heteroatoms. The molecule has 0 radical (unpaired) electrons. The summed E-state index contributed by atoms with van der Waals surface area (Å²) in [6.45, 7) is 15.7. The second kappa shape index (κ2) is 15.9. The van der Waals surface area contributed by atoms with Crippen LogP contribution in [-0.4, -0.2) is 150 Å². The second-order valence-corrected chi connectivity index (χ2v) is 20.2. The van der Waals surface area contributed by atoms with Crippen LogP contribution in [0.2, 0.25) is 0 Å². The van der Waals surface area contributed by atoms with Gasteiger partial charge in [-0.25, -0.2) is 0 Å². The molecule has 0 unspecified atom stereocenters. The lowest BCUT2D eigenvalue weighted by Gasteiger charge is -2.72. The molecule has 2 heterocycles. The molecule has 14 nitrogen and oxygen atoms in total. The average molecular weight is 801 g/mol. The standard InChI is InChI=1S/C42H72O14/c1-20(2)10-9-13-42(8,56-37-34(52)32(50)30(48)25(19-44)55-37)21-11-15-40(6)28(21)22(45)16-26-39(5)14-12-27(46)38(3,4)35(39)23(17-41(26,40)7)53-36-33(51)31(49)29(47)24(18-43)54-36/h10,21-37,43-52H,9,11-19H2,1-8H3/t21-,22+,23-,24+,25+,26+,27-,28+,29+,30+,31-,32-,33+,34+,35+,36+,37-,39+,40+,41+,42-/m0/s1. The van der Waals surface area contributed by atoms with Gasteiger partial charge in [0.15, 0.2) is 12.6 Å². The van der Waals surface area contributed by atoms with Gasteiger partial charge in [-0.1, -0.05) is 46.3 Å². The average Bonchev–Trinajstić information content (AvgIpc) is 3.52. The van der Waals surface area contributed by atoms with Crippen molar-refractivity contribution in [3.8, 4) is 0 Å². The Labute approximate surface area is 331 Å². The first-order valence-corrected chi connectivity index (χ1v) is 21.0. The molecule has 10 N–H and O–H groups in total. The first-order chi connectivity index (χ1) is 26.0. The van der Waals surface area contributed by atoms with Gasteiger partial charge in [-0.2, -0.15) is 0 Å². The van der Waals surface area contributed by atoms with E-state index in [4.69, 9.17) is 18.9 Å². The number of aliphatic hydroxyl groups is 10. The van der Waals surface area contributed by atoms with Gasteiger partial charge < -0.3 is 70.0 Å². The summed E-state index contributed by atoms with van der Waals surface area (Å²) in [5.74, 6) is -0.781. The molecule has 21 atom stereocenters. The predicted molar refractivity (Wildman–Crippen MR) is 202 cm³/mol. The van der Waals surface area contributed by atoms with Crippen LogP contribution in [0.1, 0.15) is 107 Å². The van der Waals surface area contributed by atoms with Crippen LogP contribution >= 0.6 is 0 Å². The monoisotopic (exact) mass is 800 g/mol. The second-order valence-electron chi connectivity index (χ2n) is 20.2. The van der Waals surface area contributed by atoms with Crippen molar-refractivity contribution in [2.75, 3.05) is 13.2 Å². The Morgan fingerprint density at radius 2 is 1.32 bits per heavy atom. The van der Waals surface area contributed by atoms with Crippen LogP contribution in [0.3, 0.4) is 0 Å². The smallest absolute Gasteiger partial charge is 0.187 e. The van der Waals surface area contributed by atoms with E-state index in [9.17, 15) is 51.1 Å². The Morgan fingerprint density at radius 1 is 0.750 bits per heavy atom. The van der Waals surface area contributed by atoms with Gasteiger partial charge in [0.25, 0.3) is 0 Å². The van der Waals surface area contributed by atoms with E-state index >= 15 is 0 Å². The Hall–Kier alpha value is -0.820. The van der Waals surface area contributed by atoms with E-state index in [1.165, 1.54) is 0 Å². The zero-order chi connectivity index (χ0) is 41.5. The molecular weight excluding hydrogens is 728 g/mol. The van der Waals surface area contributed by atoms with Gasteiger partial charge in [-0.15, -0.1) is 0 Å². The minimum Gasteiger partial charge on any atom is -0.394 e. The number of ether oxygens (including phenoxy) is 4. The van der Waals surface area contributed by atoms with Crippen molar-refractivity contribution < 1.29 is 70.0 Å². The van der Waals surface area contributed by atoms with Gasteiger partial charge in [-0.05, 0) is 117 Å². The van der Waals surface area contributed by atoms with Crippen LogP contribution in [0.4, 0.5) is 0 Å². The molecule has 0 aromatic rings. The zero-order valence-electron chi connectivity index (χ0n) is 34.6. The van der Waals surface area contributed by atoms with Crippen LogP contribution in [0, 0.1) is 45.3 Å². The van der Waals surface area contributed by atoms with E-state index in [0.717, 1.165) is 12.0 Å². The van der Waals surface area contributed by atoms with Gasteiger partial charge in [0, 0.05) is 0 Å². The summed E-state index contributed by atoms with van der Waals surface area (Å²) in [5, 5.41) is 109. The van der Waals surface area contributed by atoms with Crippen LogP contribution in [0.25, 0.3) is 0 Å². The fourth-order valence-corrected chi connectivity index (χ4v) is 13.5. The molecule has 4 saturated carbocycles. The van der Waals surface area contributed by atoms with Gasteiger partial charge >= 0.3 is 0 Å². The molecule has 0 spiro atoms. The molecule has 6 rings (SSSR count). The Morgan fingerprint density at radius 3 is 1.89 bits per heavy atom. The number of hydrogen-bond acceptors (Lipinski definition) is 14. The Balaban J connectivity index is 1.39. The van der Waals surface area contributed by atoms with Crippen molar-refractivity contribution in [1.29, 1.82) is 0 Å². The minimum atomic E-state index is -1.61. The van der Waals surface area contributed by atoms with Gasteiger partial charge in [-0.3, -0.25) is 0 Å². The lowest BCUT2D eigenvalue weighted by molar-refractivity contribution is -0.349. The summed E-state index contributed by atoms with van der Waals surface area (Å²) in [7, 11) is 0. The molecule has 4 aliphatic carbocycles. The van der Waals surface area contributed by atoms with Crippen LogP contribution in [-0.2, 0) is 18.9 Å². The van der Waals surface area contributed by atoms with E-state index in [1.807, 2.05) is 34.6 Å². The zero-order valence-corrected chi connectivity index (χ0v) is 34.6. The predicted octanol–water partition coefficient (Wildman–Crippen LogP) is 1.12. The fraction of sp³-hybridized carbons (Fsp3) is 0.952. The summed E-state index contributed by atoms with van der Waals surface area (Å²) in [6, 6.07) is 0. The molecule has 324 valence electrons. The van der Waals surface area contributed by atoms with Crippen molar-refractivity contribution >= 4 is 0 Å². The maximum atomic E-state index is 12.6. The van der Waals surface area contributed by atoms with Gasteiger partial charge in [0.2, 0.25) is 0 Å². The van der Waals surface area contributed by atoms with Crippen molar-refractivity contribution in [2.24, 2.45) is 45.3 Å². The highest BCUT2D eigenvalue weighted by molar-refractivity contribution is 5.22. The lowest BCUT2D eigenvalue weighted by Crippen LogP contribution is -2.71. The number of fused-ring (bicyclic) bond motifs is 5. The van der Waals surface area contributed by atoms with E-state index in [0.29, 0.717) is 44.9 Å². The molecular formula is C42H72O14. The van der Waals surface area contributed by atoms with Crippen molar-refractivity contribution in [1.82, 2.24) is 0 Å². The van der Waals surface area contributed by atoms with Crippen molar-refractivity contribution in [3.63, 3.8) is 0 Å². The van der Waals surface area contributed by atoms with Crippen molar-refractivity contribution in [2.45, 2.75) is 192 Å². The van der Waals surface area contributed by atoms with Gasteiger partial charge in [0.05, 0.1) is 37.1 Å². The topological polar surface area (TPSA) is 239 Å². The van der Waals surface area contributed by atoms with E-state index in [1.54, 1.807) is 0 Å². The summed E-state index contributed by atoms with van der Waals surface area (Å²) >= 11 is 0. The summed E-state index contributed by atoms with van der Waals surface area (Å²) < 4.78 is 25.4. The van der Waals surface area contributed by atoms with Crippen LogP contribution in [0.5, 0.6) is 0 Å². The molecule has 0 amide bonds. The summed E-state index contributed by atoms with van der Waals surface area (Å²) in [4.78, 5) is 0. The quantitative estimate of drug-likeness (QED) is 0.110. The summed E-state index contributed by atoms with van der Waals surface area (Å²) in [6.07, 6.45) is -9.52. The van der Waals surface area contributed by atoms with Gasteiger partial charge in [0.1, 0.15) is 48.8 Å². The molecule has 6 aliphatic rings. The molecule has 0 aromatic carbocycles. The van der Waals surface area contributed by atoms with Crippen molar-refractivity contribution in [3.05, 3.63) is 11.6 Å². The largest absolute Gasteiger partial charge is 0.394 e. The molecule has 2 aliphatic heterocycles. The highest BCUT2D eigenvalue weighted by Crippen LogP contribution is 2.76. The number of aliphatic hydroxyl groups excluding tert-OH is 10. The third-order valence-electron chi connectivity index (χ3n) is 16.6.